The smallest absolute Gasteiger partial charge is 0.396 e. The number of nitrogens with zero attached hydrogens (tertiary/aromatic N) is 2. The van der Waals surface area contributed by atoms with Crippen LogP contribution in [0.4, 0.5) is 24.9 Å². The highest BCUT2D eigenvalue weighted by Crippen LogP contribution is 2.45. The molecule has 0 aliphatic heterocycles. The van der Waals surface area contributed by atoms with Gasteiger partial charge in [-0.25, -0.2) is 4.98 Å². The van der Waals surface area contributed by atoms with Crippen molar-refractivity contribution in [2.45, 2.75) is 58.0 Å². The predicted octanol–water partition coefficient (Wildman–Crippen LogP) is 5.73. The number of aromatic nitrogens is 2. The van der Waals surface area contributed by atoms with Gasteiger partial charge >= 0.3 is 6.18 Å². The molecule has 5 unspecified atom stereocenters. The minimum atomic E-state index is -4.48. The summed E-state index contributed by atoms with van der Waals surface area (Å²) in [7, 11) is 0. The molecule has 1 aliphatic rings. The number of anilines is 2. The van der Waals surface area contributed by atoms with Gasteiger partial charge in [0.2, 0.25) is 5.95 Å². The van der Waals surface area contributed by atoms with Crippen molar-refractivity contribution in [1.29, 1.82) is 0 Å². The molecule has 11 heteroatoms. The first-order chi connectivity index (χ1) is 16.5. The van der Waals surface area contributed by atoms with Gasteiger partial charge in [0.15, 0.2) is 0 Å². The van der Waals surface area contributed by atoms with Crippen LogP contribution in [0.2, 0.25) is 5.15 Å². The average molecular weight is 529 g/mol. The summed E-state index contributed by atoms with van der Waals surface area (Å²) in [4.78, 5) is 9.45. The number of aliphatic hydroxyl groups excluding tert-OH is 2. The van der Waals surface area contributed by atoms with Gasteiger partial charge in [-0.15, -0.1) is 11.3 Å². The molecule has 1 aliphatic carbocycles. The maximum absolute atomic E-state index is 13.2. The second-order valence-electron chi connectivity index (χ2n) is 9.01. The first kappa shape index (κ1) is 25.9. The summed E-state index contributed by atoms with van der Waals surface area (Å²) in [5, 5.41) is 26.9. The normalized spacial score (nSPS) is 23.6. The molecule has 35 heavy (non-hydrogen) atoms. The van der Waals surface area contributed by atoms with E-state index in [1.165, 1.54) is 11.3 Å². The van der Waals surface area contributed by atoms with E-state index in [1.54, 1.807) is 0 Å². The van der Waals surface area contributed by atoms with Crippen LogP contribution < -0.4 is 10.6 Å². The van der Waals surface area contributed by atoms with Gasteiger partial charge in [-0.05, 0) is 36.8 Å². The Bertz CT molecular complexity index is 1210. The third-order valence-corrected chi connectivity index (χ3v) is 8.25. The predicted molar refractivity (Wildman–Crippen MR) is 134 cm³/mol. The number of hydrogen-bond acceptors (Lipinski definition) is 7. The number of aryl methyl sites for hydroxylation is 1. The number of halogens is 4. The van der Waals surface area contributed by atoms with Gasteiger partial charge in [-0.3, -0.25) is 0 Å². The molecule has 2 heterocycles. The molecule has 0 amide bonds. The Morgan fingerprint density at radius 1 is 1.26 bits per heavy atom. The van der Waals surface area contributed by atoms with Crippen molar-refractivity contribution in [3.8, 4) is 10.4 Å². The number of hydrogen-bond donors (Lipinski definition) is 4. The molecule has 0 radical (unpaired) electrons. The molecule has 6 nitrogen and oxygen atoms in total. The standard InChI is InChI=1S/C24H28ClF3N4O2S/c1-4-14-15-7-5-6-8-17(15)35-20(14)18-21(25)31-23(29-12(3)24(26,27)28)32-22(18)30-16-9-13(10-33)19(34)11(16)2/h5-8,11-13,16,19,33-34H,4,9-10H2,1-3H3,(H2,29,30,31,32). The average Bonchev–Trinajstić information content (AvgIpc) is 3.30. The van der Waals surface area contributed by atoms with Crippen LogP contribution in [0.15, 0.2) is 24.3 Å². The quantitative estimate of drug-likeness (QED) is 0.293. The Hall–Kier alpha value is -2.14. The van der Waals surface area contributed by atoms with Crippen LogP contribution in [-0.2, 0) is 6.42 Å². The van der Waals surface area contributed by atoms with Crippen molar-refractivity contribution in [3.63, 3.8) is 0 Å². The second kappa shape index (κ2) is 10.1. The second-order valence-corrected chi connectivity index (χ2v) is 10.4. The molecule has 3 aromatic rings. The van der Waals surface area contributed by atoms with Gasteiger partial charge < -0.3 is 20.8 Å². The molecule has 0 saturated heterocycles. The third kappa shape index (κ3) is 5.07. The molecule has 0 spiro atoms. The monoisotopic (exact) mass is 528 g/mol. The Balaban J connectivity index is 1.83. The van der Waals surface area contributed by atoms with E-state index in [1.807, 2.05) is 38.1 Å². The highest BCUT2D eigenvalue weighted by Gasteiger charge is 2.40. The van der Waals surface area contributed by atoms with E-state index in [0.29, 0.717) is 24.2 Å². The van der Waals surface area contributed by atoms with E-state index in [9.17, 15) is 23.4 Å². The minimum absolute atomic E-state index is 0.0329. The van der Waals surface area contributed by atoms with Crippen LogP contribution >= 0.6 is 22.9 Å². The molecule has 0 bridgehead atoms. The van der Waals surface area contributed by atoms with Crippen molar-refractivity contribution >= 4 is 44.8 Å². The number of thiophene rings is 1. The van der Waals surface area contributed by atoms with Crippen LogP contribution in [0.1, 0.15) is 32.8 Å². The van der Waals surface area contributed by atoms with Gasteiger partial charge in [0.1, 0.15) is 17.0 Å². The fraction of sp³-hybridized carbons (Fsp3) is 0.500. The zero-order valence-electron chi connectivity index (χ0n) is 19.5. The van der Waals surface area contributed by atoms with Gasteiger partial charge in [0.25, 0.3) is 0 Å². The summed E-state index contributed by atoms with van der Waals surface area (Å²) in [6, 6.07) is 5.79. The van der Waals surface area contributed by atoms with Crippen LogP contribution in [-0.4, -0.2) is 51.2 Å². The molecule has 1 saturated carbocycles. The van der Waals surface area contributed by atoms with Crippen molar-refractivity contribution < 1.29 is 23.4 Å². The molecule has 1 fully saturated rings. The zero-order chi connectivity index (χ0) is 25.5. The molecule has 1 aromatic carbocycles. The lowest BCUT2D eigenvalue weighted by Gasteiger charge is -2.23. The highest BCUT2D eigenvalue weighted by molar-refractivity contribution is 7.22. The summed E-state index contributed by atoms with van der Waals surface area (Å²) in [6.07, 6.45) is -4.00. The molecular formula is C24H28ClF3N4O2S. The minimum Gasteiger partial charge on any atom is -0.396 e. The Kier molecular flexibility index (Phi) is 7.47. The summed E-state index contributed by atoms with van der Waals surface area (Å²) in [5.74, 6) is -0.463. The summed E-state index contributed by atoms with van der Waals surface area (Å²) in [6.45, 7) is 4.72. The largest absolute Gasteiger partial charge is 0.408 e. The summed E-state index contributed by atoms with van der Waals surface area (Å²) in [5.41, 5.74) is 1.57. The van der Waals surface area contributed by atoms with Gasteiger partial charge in [0, 0.05) is 34.1 Å². The highest BCUT2D eigenvalue weighted by atomic mass is 35.5. The van der Waals surface area contributed by atoms with Crippen LogP contribution in [0, 0.1) is 11.8 Å². The maximum Gasteiger partial charge on any atom is 0.408 e. The van der Waals surface area contributed by atoms with Crippen molar-refractivity contribution in [2.75, 3.05) is 17.2 Å². The SMILES string of the molecule is CCc1c(-c2c(Cl)nc(NC(C)C(F)(F)F)nc2NC2CC(CO)C(O)C2C)sc2ccccc12. The fourth-order valence-electron chi connectivity index (χ4n) is 4.63. The Labute approximate surface area is 210 Å². The van der Waals surface area contributed by atoms with E-state index in [4.69, 9.17) is 11.6 Å². The number of nitrogens with one attached hydrogen (secondary N) is 2. The molecule has 5 atom stereocenters. The number of aliphatic hydroxyl groups is 2. The van der Waals surface area contributed by atoms with E-state index in [0.717, 1.165) is 27.5 Å². The molecule has 4 rings (SSSR count). The Morgan fingerprint density at radius 2 is 1.97 bits per heavy atom. The van der Waals surface area contributed by atoms with Gasteiger partial charge in [-0.2, -0.15) is 18.2 Å². The maximum atomic E-state index is 13.2. The number of rotatable bonds is 7. The lowest BCUT2D eigenvalue weighted by atomic mass is 10.0. The fourth-order valence-corrected chi connectivity index (χ4v) is 6.29. The third-order valence-electron chi connectivity index (χ3n) is 6.75. The lowest BCUT2D eigenvalue weighted by Crippen LogP contribution is -2.34. The lowest BCUT2D eigenvalue weighted by molar-refractivity contribution is -0.138. The summed E-state index contributed by atoms with van der Waals surface area (Å²) >= 11 is 8.16. The number of benzene rings is 1. The molecule has 4 N–H and O–H groups in total. The Morgan fingerprint density at radius 3 is 2.60 bits per heavy atom. The molecule has 190 valence electrons. The zero-order valence-corrected chi connectivity index (χ0v) is 21.1. The van der Waals surface area contributed by atoms with Crippen molar-refractivity contribution in [2.24, 2.45) is 11.8 Å². The van der Waals surface area contributed by atoms with Gasteiger partial charge in [0.05, 0.1) is 11.7 Å². The van der Waals surface area contributed by atoms with Crippen LogP contribution in [0.3, 0.4) is 0 Å². The number of fused-ring (bicyclic) bond motifs is 1. The van der Waals surface area contributed by atoms with Gasteiger partial charge in [-0.1, -0.05) is 43.6 Å². The molecule has 2 aromatic heterocycles. The topological polar surface area (TPSA) is 90.3 Å². The van der Waals surface area contributed by atoms with E-state index >= 15 is 0 Å². The van der Waals surface area contributed by atoms with E-state index in [2.05, 4.69) is 20.6 Å². The first-order valence-corrected chi connectivity index (χ1v) is 12.7. The summed E-state index contributed by atoms with van der Waals surface area (Å²) < 4.78 is 40.6. The first-order valence-electron chi connectivity index (χ1n) is 11.5. The van der Waals surface area contributed by atoms with Crippen LogP contribution in [0.5, 0.6) is 0 Å². The van der Waals surface area contributed by atoms with Crippen molar-refractivity contribution in [1.82, 2.24) is 9.97 Å². The van der Waals surface area contributed by atoms with E-state index in [-0.39, 0.29) is 35.6 Å². The molecular weight excluding hydrogens is 501 g/mol. The van der Waals surface area contributed by atoms with Crippen LogP contribution in [0.25, 0.3) is 20.5 Å². The van der Waals surface area contributed by atoms with E-state index < -0.39 is 18.3 Å². The van der Waals surface area contributed by atoms with Crippen molar-refractivity contribution in [3.05, 3.63) is 35.0 Å². The number of alkyl halides is 3.